The third-order valence-electron chi connectivity index (χ3n) is 3.19. The molecule has 0 amide bonds. The second-order valence-electron chi connectivity index (χ2n) is 4.21. The summed E-state index contributed by atoms with van der Waals surface area (Å²) in [7, 11) is 0. The fraction of sp³-hybridized carbons (Fsp3) is 0.917. The second kappa shape index (κ2) is 6.83. The SMILES string of the molecule is CCCCCC(C)(C(=O)O)N(CC)CC. The van der Waals surface area contributed by atoms with Crippen LogP contribution in [-0.4, -0.2) is 34.6 Å². The zero-order valence-corrected chi connectivity index (χ0v) is 10.5. The minimum absolute atomic E-state index is 0.682. The van der Waals surface area contributed by atoms with Gasteiger partial charge >= 0.3 is 5.97 Å². The van der Waals surface area contributed by atoms with Crippen LogP contribution < -0.4 is 0 Å². The topological polar surface area (TPSA) is 40.5 Å². The standard InChI is InChI=1S/C12H25NO2/c1-5-8-9-10-12(4,11(14)15)13(6-2)7-3/h5-10H2,1-4H3,(H,14,15). The molecule has 0 saturated carbocycles. The molecular weight excluding hydrogens is 190 g/mol. The number of nitrogens with zero attached hydrogens (tertiary/aromatic N) is 1. The highest BCUT2D eigenvalue weighted by molar-refractivity contribution is 5.78. The molecule has 0 aromatic heterocycles. The zero-order valence-electron chi connectivity index (χ0n) is 10.5. The van der Waals surface area contributed by atoms with E-state index in [0.29, 0.717) is 0 Å². The molecule has 15 heavy (non-hydrogen) atoms. The van der Waals surface area contributed by atoms with Crippen LogP contribution in [0.5, 0.6) is 0 Å². The number of likely N-dealkylation sites (N-methyl/N-ethyl adjacent to an activating group) is 1. The van der Waals surface area contributed by atoms with Crippen molar-refractivity contribution in [3.63, 3.8) is 0 Å². The minimum atomic E-state index is -0.692. The average molecular weight is 215 g/mol. The lowest BCUT2D eigenvalue weighted by Crippen LogP contribution is -2.52. The van der Waals surface area contributed by atoms with Crippen LogP contribution >= 0.6 is 0 Å². The summed E-state index contributed by atoms with van der Waals surface area (Å²) in [5.41, 5.74) is -0.682. The maximum absolute atomic E-state index is 11.3. The first-order valence-electron chi connectivity index (χ1n) is 6.01. The number of aliphatic carboxylic acids is 1. The lowest BCUT2D eigenvalue weighted by Gasteiger charge is -2.36. The molecule has 0 fully saturated rings. The zero-order chi connectivity index (χ0) is 11.9. The lowest BCUT2D eigenvalue weighted by atomic mass is 9.92. The fourth-order valence-corrected chi connectivity index (χ4v) is 2.04. The van der Waals surface area contributed by atoms with Gasteiger partial charge in [-0.05, 0) is 26.4 Å². The van der Waals surface area contributed by atoms with Crippen molar-refractivity contribution < 1.29 is 9.90 Å². The molecule has 1 N–H and O–H groups in total. The lowest BCUT2D eigenvalue weighted by molar-refractivity contribution is -0.151. The molecule has 90 valence electrons. The minimum Gasteiger partial charge on any atom is -0.480 e. The highest BCUT2D eigenvalue weighted by Gasteiger charge is 2.37. The molecule has 1 atom stereocenters. The Morgan fingerprint density at radius 2 is 1.73 bits per heavy atom. The average Bonchev–Trinajstić information content (AvgIpc) is 2.19. The summed E-state index contributed by atoms with van der Waals surface area (Å²) >= 11 is 0. The molecule has 3 nitrogen and oxygen atoms in total. The molecule has 0 rings (SSSR count). The van der Waals surface area contributed by atoms with Gasteiger partial charge in [0.15, 0.2) is 0 Å². The number of unbranched alkanes of at least 4 members (excludes halogenated alkanes) is 2. The van der Waals surface area contributed by atoms with Crippen molar-refractivity contribution in [2.24, 2.45) is 0 Å². The van der Waals surface area contributed by atoms with Crippen molar-refractivity contribution >= 4 is 5.97 Å². The van der Waals surface area contributed by atoms with Crippen LogP contribution in [0.1, 0.15) is 53.4 Å². The molecule has 0 aliphatic rings. The second-order valence-corrected chi connectivity index (χ2v) is 4.21. The van der Waals surface area contributed by atoms with Crippen LogP contribution in [0.25, 0.3) is 0 Å². The van der Waals surface area contributed by atoms with Gasteiger partial charge in [-0.25, -0.2) is 0 Å². The molecule has 0 radical (unpaired) electrons. The van der Waals surface area contributed by atoms with Crippen LogP contribution in [0.4, 0.5) is 0 Å². The Morgan fingerprint density at radius 1 is 1.20 bits per heavy atom. The van der Waals surface area contributed by atoms with Crippen molar-refractivity contribution in [2.75, 3.05) is 13.1 Å². The molecule has 0 aliphatic heterocycles. The Labute approximate surface area is 93.5 Å². The summed E-state index contributed by atoms with van der Waals surface area (Å²) in [5.74, 6) is -0.692. The van der Waals surface area contributed by atoms with Gasteiger partial charge in [0, 0.05) is 0 Å². The Morgan fingerprint density at radius 3 is 2.07 bits per heavy atom. The number of carboxylic acid groups (broad SMARTS) is 1. The van der Waals surface area contributed by atoms with Crippen molar-refractivity contribution in [1.29, 1.82) is 0 Å². The van der Waals surface area contributed by atoms with E-state index in [2.05, 4.69) is 6.92 Å². The summed E-state index contributed by atoms with van der Waals surface area (Å²) in [6.07, 6.45) is 3.99. The molecule has 0 bridgehead atoms. The van der Waals surface area contributed by atoms with Gasteiger partial charge in [-0.1, -0.05) is 40.0 Å². The number of carboxylic acids is 1. The predicted octanol–water partition coefficient (Wildman–Crippen LogP) is 2.75. The first kappa shape index (κ1) is 14.4. The van der Waals surface area contributed by atoms with Gasteiger partial charge in [0.05, 0.1) is 0 Å². The summed E-state index contributed by atoms with van der Waals surface area (Å²) in [6.45, 7) is 9.61. The molecule has 0 aromatic rings. The molecular formula is C12H25NO2. The van der Waals surface area contributed by atoms with E-state index in [1.54, 1.807) is 0 Å². The Balaban J connectivity index is 4.50. The third kappa shape index (κ3) is 3.82. The van der Waals surface area contributed by atoms with Crippen LogP contribution in [0.15, 0.2) is 0 Å². The molecule has 0 heterocycles. The van der Waals surface area contributed by atoms with Crippen molar-refractivity contribution in [2.45, 2.75) is 58.9 Å². The summed E-state index contributed by atoms with van der Waals surface area (Å²) in [4.78, 5) is 13.4. The van der Waals surface area contributed by atoms with Crippen molar-refractivity contribution in [3.8, 4) is 0 Å². The first-order valence-corrected chi connectivity index (χ1v) is 6.01. The van der Waals surface area contributed by atoms with Crippen LogP contribution in [0.2, 0.25) is 0 Å². The van der Waals surface area contributed by atoms with Gasteiger partial charge in [-0.2, -0.15) is 0 Å². The van der Waals surface area contributed by atoms with Crippen molar-refractivity contribution in [3.05, 3.63) is 0 Å². The number of carbonyl (C=O) groups is 1. The molecule has 0 saturated heterocycles. The monoisotopic (exact) mass is 215 g/mol. The molecule has 0 aromatic carbocycles. The largest absolute Gasteiger partial charge is 0.480 e. The smallest absolute Gasteiger partial charge is 0.323 e. The van der Waals surface area contributed by atoms with E-state index < -0.39 is 11.5 Å². The fourth-order valence-electron chi connectivity index (χ4n) is 2.04. The molecule has 0 spiro atoms. The van der Waals surface area contributed by atoms with E-state index in [9.17, 15) is 9.90 Å². The summed E-state index contributed by atoms with van der Waals surface area (Å²) in [6, 6.07) is 0. The normalized spacial score (nSPS) is 15.3. The van der Waals surface area contributed by atoms with Gasteiger partial charge in [-0.3, -0.25) is 9.69 Å². The van der Waals surface area contributed by atoms with Crippen LogP contribution in [0, 0.1) is 0 Å². The van der Waals surface area contributed by atoms with Gasteiger partial charge in [0.2, 0.25) is 0 Å². The summed E-state index contributed by atoms with van der Waals surface area (Å²) in [5, 5.41) is 9.32. The Kier molecular flexibility index (Phi) is 6.57. The summed E-state index contributed by atoms with van der Waals surface area (Å²) < 4.78 is 0. The van der Waals surface area contributed by atoms with Crippen LogP contribution in [-0.2, 0) is 4.79 Å². The maximum Gasteiger partial charge on any atom is 0.323 e. The Bertz CT molecular complexity index is 190. The van der Waals surface area contributed by atoms with E-state index in [0.717, 1.165) is 38.8 Å². The number of hydrogen-bond acceptors (Lipinski definition) is 2. The van der Waals surface area contributed by atoms with E-state index in [-0.39, 0.29) is 0 Å². The van der Waals surface area contributed by atoms with Gasteiger partial charge < -0.3 is 5.11 Å². The first-order chi connectivity index (χ1) is 7.02. The maximum atomic E-state index is 11.3. The predicted molar refractivity (Wildman–Crippen MR) is 63.1 cm³/mol. The van der Waals surface area contributed by atoms with Gasteiger partial charge in [-0.15, -0.1) is 0 Å². The Hall–Kier alpha value is -0.570. The highest BCUT2D eigenvalue weighted by Crippen LogP contribution is 2.22. The van der Waals surface area contributed by atoms with E-state index in [1.807, 2.05) is 25.7 Å². The van der Waals surface area contributed by atoms with Crippen molar-refractivity contribution in [1.82, 2.24) is 4.90 Å². The van der Waals surface area contributed by atoms with Gasteiger partial charge in [0.1, 0.15) is 5.54 Å². The number of hydrogen-bond donors (Lipinski definition) is 1. The molecule has 3 heteroatoms. The van der Waals surface area contributed by atoms with E-state index in [1.165, 1.54) is 0 Å². The highest BCUT2D eigenvalue weighted by atomic mass is 16.4. The van der Waals surface area contributed by atoms with E-state index in [4.69, 9.17) is 0 Å². The third-order valence-corrected chi connectivity index (χ3v) is 3.19. The van der Waals surface area contributed by atoms with E-state index >= 15 is 0 Å². The number of rotatable bonds is 8. The van der Waals surface area contributed by atoms with Gasteiger partial charge in [0.25, 0.3) is 0 Å². The molecule has 1 unspecified atom stereocenters. The quantitative estimate of drug-likeness (QED) is 0.633. The molecule has 0 aliphatic carbocycles. The van der Waals surface area contributed by atoms with Crippen LogP contribution in [0.3, 0.4) is 0 Å².